The maximum Gasteiger partial charge on any atom is 0.101 e. The molecule has 0 saturated carbocycles. The standard InChI is InChI=1S/C16H11N3/c1-11-14(16-13(9-17)3-2-7-19-16)5-4-12-6-8-18-10-15(11)12/h2-8,10H,1H3. The second-order valence-electron chi connectivity index (χ2n) is 4.35. The third-order valence-electron chi connectivity index (χ3n) is 3.28. The minimum Gasteiger partial charge on any atom is -0.264 e. The molecular formula is C16H11N3. The molecule has 3 heteroatoms. The molecule has 0 N–H and O–H groups in total. The van der Waals surface area contributed by atoms with Crippen LogP contribution >= 0.6 is 0 Å². The van der Waals surface area contributed by atoms with E-state index in [1.165, 1.54) is 0 Å². The van der Waals surface area contributed by atoms with Crippen molar-refractivity contribution in [2.24, 2.45) is 0 Å². The molecule has 0 bridgehead atoms. The first-order valence-electron chi connectivity index (χ1n) is 6.00. The lowest BCUT2D eigenvalue weighted by Crippen LogP contribution is -1.92. The van der Waals surface area contributed by atoms with E-state index in [1.807, 2.05) is 31.3 Å². The summed E-state index contributed by atoms with van der Waals surface area (Å²) < 4.78 is 0. The highest BCUT2D eigenvalue weighted by Gasteiger charge is 2.10. The summed E-state index contributed by atoms with van der Waals surface area (Å²) in [6.07, 6.45) is 5.34. The molecule has 0 radical (unpaired) electrons. The number of rotatable bonds is 1. The third-order valence-corrected chi connectivity index (χ3v) is 3.28. The lowest BCUT2D eigenvalue weighted by molar-refractivity contribution is 1.28. The maximum absolute atomic E-state index is 9.18. The monoisotopic (exact) mass is 245 g/mol. The van der Waals surface area contributed by atoms with E-state index in [0.717, 1.165) is 27.6 Å². The van der Waals surface area contributed by atoms with Gasteiger partial charge in [-0.2, -0.15) is 5.26 Å². The van der Waals surface area contributed by atoms with Crippen LogP contribution in [0.2, 0.25) is 0 Å². The van der Waals surface area contributed by atoms with Gasteiger partial charge in [0.05, 0.1) is 11.3 Å². The van der Waals surface area contributed by atoms with Crippen molar-refractivity contribution >= 4 is 10.8 Å². The zero-order valence-corrected chi connectivity index (χ0v) is 10.5. The van der Waals surface area contributed by atoms with Crippen molar-refractivity contribution in [2.45, 2.75) is 6.92 Å². The molecule has 2 heterocycles. The van der Waals surface area contributed by atoms with Crippen molar-refractivity contribution in [1.29, 1.82) is 5.26 Å². The van der Waals surface area contributed by atoms with Crippen LogP contribution in [-0.4, -0.2) is 9.97 Å². The summed E-state index contributed by atoms with van der Waals surface area (Å²) in [6, 6.07) is 11.8. The Hall–Kier alpha value is -2.73. The molecule has 3 aromatic rings. The van der Waals surface area contributed by atoms with Gasteiger partial charge in [-0.1, -0.05) is 12.1 Å². The minimum absolute atomic E-state index is 0.592. The molecule has 3 nitrogen and oxygen atoms in total. The minimum atomic E-state index is 0.592. The zero-order valence-electron chi connectivity index (χ0n) is 10.5. The van der Waals surface area contributed by atoms with Crippen LogP contribution in [0.4, 0.5) is 0 Å². The number of benzene rings is 1. The molecule has 0 atom stereocenters. The molecule has 90 valence electrons. The summed E-state index contributed by atoms with van der Waals surface area (Å²) in [5, 5.41) is 11.4. The molecule has 0 fully saturated rings. The average molecular weight is 245 g/mol. The molecule has 1 aromatic carbocycles. The largest absolute Gasteiger partial charge is 0.264 e. The molecule has 0 spiro atoms. The molecular weight excluding hydrogens is 234 g/mol. The fraction of sp³-hybridized carbons (Fsp3) is 0.0625. The predicted molar refractivity (Wildman–Crippen MR) is 74.4 cm³/mol. The molecule has 0 unspecified atom stereocenters. The van der Waals surface area contributed by atoms with Gasteiger partial charge in [-0.05, 0) is 36.1 Å². The van der Waals surface area contributed by atoms with Gasteiger partial charge in [0.2, 0.25) is 0 Å². The number of fused-ring (bicyclic) bond motifs is 1. The molecule has 19 heavy (non-hydrogen) atoms. The second kappa shape index (κ2) is 4.51. The van der Waals surface area contributed by atoms with Gasteiger partial charge in [-0.25, -0.2) is 0 Å². The predicted octanol–water partition coefficient (Wildman–Crippen LogP) is 3.48. The van der Waals surface area contributed by atoms with Crippen LogP contribution in [0.1, 0.15) is 11.1 Å². The summed E-state index contributed by atoms with van der Waals surface area (Å²) in [7, 11) is 0. The van der Waals surface area contributed by atoms with Crippen molar-refractivity contribution in [3.8, 4) is 17.3 Å². The number of pyridine rings is 2. The lowest BCUT2D eigenvalue weighted by atomic mass is 9.97. The highest BCUT2D eigenvalue weighted by Crippen LogP contribution is 2.29. The maximum atomic E-state index is 9.18. The summed E-state index contributed by atoms with van der Waals surface area (Å²) >= 11 is 0. The van der Waals surface area contributed by atoms with Crippen LogP contribution in [0, 0.1) is 18.3 Å². The van der Waals surface area contributed by atoms with Crippen molar-refractivity contribution < 1.29 is 0 Å². The Morgan fingerprint density at radius 1 is 1.11 bits per heavy atom. The Labute approximate surface area is 111 Å². The first-order chi connectivity index (χ1) is 9.31. The van der Waals surface area contributed by atoms with Gasteiger partial charge in [0.15, 0.2) is 0 Å². The highest BCUT2D eigenvalue weighted by molar-refractivity contribution is 5.91. The molecule has 3 rings (SSSR count). The Kier molecular flexibility index (Phi) is 2.70. The fourth-order valence-corrected chi connectivity index (χ4v) is 2.27. The topological polar surface area (TPSA) is 49.6 Å². The molecule has 0 saturated heterocycles. The summed E-state index contributed by atoms with van der Waals surface area (Å²) in [4.78, 5) is 8.51. The van der Waals surface area contributed by atoms with E-state index in [1.54, 1.807) is 24.5 Å². The average Bonchev–Trinajstić information content (AvgIpc) is 2.48. The second-order valence-corrected chi connectivity index (χ2v) is 4.35. The smallest absolute Gasteiger partial charge is 0.101 e. The third kappa shape index (κ3) is 1.84. The van der Waals surface area contributed by atoms with E-state index >= 15 is 0 Å². The van der Waals surface area contributed by atoms with E-state index in [4.69, 9.17) is 0 Å². The van der Waals surface area contributed by atoms with Gasteiger partial charge in [-0.15, -0.1) is 0 Å². The number of nitrogens with zero attached hydrogens (tertiary/aromatic N) is 3. The number of hydrogen-bond acceptors (Lipinski definition) is 3. The van der Waals surface area contributed by atoms with E-state index in [2.05, 4.69) is 16.0 Å². The number of hydrogen-bond donors (Lipinski definition) is 0. The van der Waals surface area contributed by atoms with Crippen molar-refractivity contribution in [3.63, 3.8) is 0 Å². The Morgan fingerprint density at radius 3 is 2.84 bits per heavy atom. The lowest BCUT2D eigenvalue weighted by Gasteiger charge is -2.09. The van der Waals surface area contributed by atoms with E-state index in [-0.39, 0.29) is 0 Å². The van der Waals surface area contributed by atoms with Crippen LogP contribution < -0.4 is 0 Å². The number of nitriles is 1. The normalized spacial score (nSPS) is 10.3. The first-order valence-corrected chi connectivity index (χ1v) is 6.00. The Morgan fingerprint density at radius 2 is 2.00 bits per heavy atom. The summed E-state index contributed by atoms with van der Waals surface area (Å²) in [5.74, 6) is 0. The first kappa shape index (κ1) is 11.4. The van der Waals surface area contributed by atoms with Gasteiger partial charge >= 0.3 is 0 Å². The van der Waals surface area contributed by atoms with Crippen LogP contribution in [0.3, 0.4) is 0 Å². The van der Waals surface area contributed by atoms with Gasteiger partial charge in [0, 0.05) is 29.5 Å². The van der Waals surface area contributed by atoms with Gasteiger partial charge in [0.25, 0.3) is 0 Å². The van der Waals surface area contributed by atoms with Gasteiger partial charge in [-0.3, -0.25) is 9.97 Å². The van der Waals surface area contributed by atoms with E-state index < -0.39 is 0 Å². The Bertz CT molecular complexity index is 800. The van der Waals surface area contributed by atoms with Crippen LogP contribution in [0.5, 0.6) is 0 Å². The van der Waals surface area contributed by atoms with Crippen molar-refractivity contribution in [2.75, 3.05) is 0 Å². The van der Waals surface area contributed by atoms with Crippen LogP contribution in [0.25, 0.3) is 22.0 Å². The molecule has 0 amide bonds. The molecule has 2 aromatic heterocycles. The van der Waals surface area contributed by atoms with Crippen LogP contribution in [0.15, 0.2) is 48.9 Å². The van der Waals surface area contributed by atoms with E-state index in [9.17, 15) is 5.26 Å². The highest BCUT2D eigenvalue weighted by atomic mass is 14.7. The quantitative estimate of drug-likeness (QED) is 0.659. The molecule has 0 aliphatic carbocycles. The SMILES string of the molecule is Cc1c(-c2ncccc2C#N)ccc2ccncc12. The Balaban J connectivity index is 2.32. The van der Waals surface area contributed by atoms with Crippen molar-refractivity contribution in [1.82, 2.24) is 9.97 Å². The number of aryl methyl sites for hydroxylation is 1. The summed E-state index contributed by atoms with van der Waals surface area (Å²) in [6.45, 7) is 2.04. The van der Waals surface area contributed by atoms with Crippen molar-refractivity contribution in [3.05, 3.63) is 60.0 Å². The summed E-state index contributed by atoms with van der Waals surface area (Å²) in [5.41, 5.74) is 3.40. The van der Waals surface area contributed by atoms with Crippen LogP contribution in [-0.2, 0) is 0 Å². The number of aromatic nitrogens is 2. The fourth-order valence-electron chi connectivity index (χ4n) is 2.27. The molecule has 0 aliphatic heterocycles. The van der Waals surface area contributed by atoms with Gasteiger partial charge < -0.3 is 0 Å². The van der Waals surface area contributed by atoms with E-state index in [0.29, 0.717) is 5.56 Å². The van der Waals surface area contributed by atoms with Gasteiger partial charge in [0.1, 0.15) is 6.07 Å². The zero-order chi connectivity index (χ0) is 13.2. The molecule has 0 aliphatic rings.